The minimum Gasteiger partial charge on any atom is -0.491 e. The van der Waals surface area contributed by atoms with Gasteiger partial charge in [0.05, 0.1) is 19.8 Å². The van der Waals surface area contributed by atoms with Crippen molar-refractivity contribution in [2.45, 2.75) is 20.4 Å². The molecule has 1 rings (SSSR count). The van der Waals surface area contributed by atoms with Gasteiger partial charge in [0.2, 0.25) is 0 Å². The maximum atomic E-state index is 5.76. The fourth-order valence-electron chi connectivity index (χ4n) is 1.70. The maximum absolute atomic E-state index is 5.76. The van der Waals surface area contributed by atoms with E-state index >= 15 is 0 Å². The lowest BCUT2D eigenvalue weighted by Gasteiger charge is -2.13. The fourth-order valence-corrected chi connectivity index (χ4v) is 1.70. The number of methoxy groups -OCH3 is 1. The Hall–Kier alpha value is -1.10. The van der Waals surface area contributed by atoms with E-state index in [4.69, 9.17) is 14.2 Å². The van der Waals surface area contributed by atoms with Gasteiger partial charge in [-0.3, -0.25) is 0 Å². The molecule has 0 fully saturated rings. The molecule has 0 aliphatic rings. The second-order valence-electron chi connectivity index (χ2n) is 4.35. The number of hydrogen-bond donors (Lipinski definition) is 1. The van der Waals surface area contributed by atoms with Gasteiger partial charge >= 0.3 is 0 Å². The highest BCUT2D eigenvalue weighted by atomic mass is 16.5. The fraction of sp³-hybridized carbons (Fsp3) is 0.600. The summed E-state index contributed by atoms with van der Waals surface area (Å²) in [5, 5.41) is 3.32. The maximum Gasteiger partial charge on any atom is 0.123 e. The van der Waals surface area contributed by atoms with Gasteiger partial charge in [0.1, 0.15) is 12.4 Å². The van der Waals surface area contributed by atoms with E-state index < -0.39 is 0 Å². The number of nitrogens with one attached hydrogen (secondary N) is 1. The van der Waals surface area contributed by atoms with Gasteiger partial charge in [-0.05, 0) is 19.5 Å². The topological polar surface area (TPSA) is 39.7 Å². The zero-order valence-electron chi connectivity index (χ0n) is 12.2. The molecule has 0 heterocycles. The van der Waals surface area contributed by atoms with Crippen molar-refractivity contribution in [2.75, 3.05) is 40.1 Å². The van der Waals surface area contributed by atoms with Crippen molar-refractivity contribution in [1.29, 1.82) is 0 Å². The Morgan fingerprint density at radius 1 is 1.11 bits per heavy atom. The third-order valence-corrected chi connectivity index (χ3v) is 2.70. The van der Waals surface area contributed by atoms with Gasteiger partial charge in [-0.25, -0.2) is 0 Å². The molecule has 0 aliphatic carbocycles. The molecule has 19 heavy (non-hydrogen) atoms. The smallest absolute Gasteiger partial charge is 0.123 e. The summed E-state index contributed by atoms with van der Waals surface area (Å²) < 4.78 is 16.0. The van der Waals surface area contributed by atoms with Crippen molar-refractivity contribution in [1.82, 2.24) is 5.32 Å². The van der Waals surface area contributed by atoms with Crippen LogP contribution in [0.25, 0.3) is 0 Å². The Morgan fingerprint density at radius 3 is 2.63 bits per heavy atom. The van der Waals surface area contributed by atoms with Gasteiger partial charge in [0.15, 0.2) is 0 Å². The third kappa shape index (κ3) is 6.57. The first-order valence-electron chi connectivity index (χ1n) is 6.77. The van der Waals surface area contributed by atoms with Gasteiger partial charge in [0.25, 0.3) is 0 Å². The number of ether oxygens (including phenoxy) is 3. The van der Waals surface area contributed by atoms with Crippen LogP contribution in [-0.4, -0.2) is 40.1 Å². The quantitative estimate of drug-likeness (QED) is 0.659. The monoisotopic (exact) mass is 267 g/mol. The van der Waals surface area contributed by atoms with Crippen LogP contribution < -0.4 is 10.1 Å². The van der Waals surface area contributed by atoms with Crippen molar-refractivity contribution >= 4 is 0 Å². The highest BCUT2D eigenvalue weighted by Crippen LogP contribution is 2.19. The van der Waals surface area contributed by atoms with E-state index in [-0.39, 0.29) is 0 Å². The molecule has 4 heteroatoms. The number of rotatable bonds is 10. The lowest BCUT2D eigenvalue weighted by molar-refractivity contribution is 0.0542. The van der Waals surface area contributed by atoms with Crippen molar-refractivity contribution < 1.29 is 14.2 Å². The molecular formula is C15H25NO3. The molecule has 0 saturated carbocycles. The summed E-state index contributed by atoms with van der Waals surface area (Å²) in [5.74, 6) is 0.932. The molecule has 0 amide bonds. The molecular weight excluding hydrogens is 242 g/mol. The second-order valence-corrected chi connectivity index (χ2v) is 4.35. The van der Waals surface area contributed by atoms with Gasteiger partial charge < -0.3 is 19.5 Å². The first-order valence-corrected chi connectivity index (χ1v) is 6.77. The van der Waals surface area contributed by atoms with E-state index in [1.54, 1.807) is 7.11 Å². The first kappa shape index (κ1) is 16.0. The Bertz CT molecular complexity index is 355. The molecule has 1 N–H and O–H groups in total. The van der Waals surface area contributed by atoms with E-state index in [1.807, 2.05) is 6.07 Å². The van der Waals surface area contributed by atoms with E-state index in [0.29, 0.717) is 26.4 Å². The van der Waals surface area contributed by atoms with Crippen LogP contribution in [0.5, 0.6) is 5.75 Å². The van der Waals surface area contributed by atoms with Gasteiger partial charge in [-0.1, -0.05) is 24.6 Å². The summed E-state index contributed by atoms with van der Waals surface area (Å²) in [5.41, 5.74) is 2.44. The molecule has 0 atom stereocenters. The van der Waals surface area contributed by atoms with Crippen molar-refractivity contribution in [3.8, 4) is 5.75 Å². The summed E-state index contributed by atoms with van der Waals surface area (Å²) in [4.78, 5) is 0. The normalized spacial score (nSPS) is 10.7. The number of hydrogen-bond acceptors (Lipinski definition) is 4. The second kappa shape index (κ2) is 9.78. The van der Waals surface area contributed by atoms with E-state index in [0.717, 1.165) is 18.8 Å². The Morgan fingerprint density at radius 2 is 1.89 bits per heavy atom. The highest BCUT2D eigenvalue weighted by Gasteiger charge is 2.03. The average Bonchev–Trinajstić information content (AvgIpc) is 2.42. The van der Waals surface area contributed by atoms with Gasteiger partial charge in [0, 0.05) is 19.2 Å². The first-order chi connectivity index (χ1) is 9.27. The zero-order chi connectivity index (χ0) is 13.9. The Labute approximate surface area is 116 Å². The van der Waals surface area contributed by atoms with E-state index in [2.05, 4.69) is 31.3 Å². The summed E-state index contributed by atoms with van der Waals surface area (Å²) in [6.45, 7) is 8.34. The van der Waals surface area contributed by atoms with Gasteiger partial charge in [-0.2, -0.15) is 0 Å². The van der Waals surface area contributed by atoms with Crippen LogP contribution in [0.15, 0.2) is 18.2 Å². The zero-order valence-corrected chi connectivity index (χ0v) is 12.2. The van der Waals surface area contributed by atoms with Crippen LogP contribution in [0.2, 0.25) is 0 Å². The van der Waals surface area contributed by atoms with Crippen LogP contribution in [-0.2, 0) is 16.0 Å². The third-order valence-electron chi connectivity index (χ3n) is 2.70. The van der Waals surface area contributed by atoms with E-state index in [9.17, 15) is 0 Å². The van der Waals surface area contributed by atoms with Crippen LogP contribution in [0.4, 0.5) is 0 Å². The van der Waals surface area contributed by atoms with Crippen LogP contribution in [0, 0.1) is 6.92 Å². The molecule has 0 bridgehead atoms. The SMILES string of the molecule is CCNCc1cc(C)ccc1OCCOCCOC. The molecule has 0 radical (unpaired) electrons. The summed E-state index contributed by atoms with van der Waals surface area (Å²) in [6, 6.07) is 6.25. The standard InChI is InChI=1S/C15H25NO3/c1-4-16-12-14-11-13(2)5-6-15(14)19-10-9-18-8-7-17-3/h5-6,11,16H,4,7-10,12H2,1-3H3. The number of benzene rings is 1. The lowest BCUT2D eigenvalue weighted by Crippen LogP contribution is -2.14. The van der Waals surface area contributed by atoms with Gasteiger partial charge in [-0.15, -0.1) is 0 Å². The largest absolute Gasteiger partial charge is 0.491 e. The molecule has 1 aromatic rings. The summed E-state index contributed by atoms with van der Waals surface area (Å²) in [6.07, 6.45) is 0. The molecule has 1 aromatic carbocycles. The number of aryl methyl sites for hydroxylation is 1. The predicted octanol–water partition coefficient (Wildman–Crippen LogP) is 2.15. The molecule has 0 aliphatic heterocycles. The minimum absolute atomic E-state index is 0.561. The molecule has 108 valence electrons. The Kier molecular flexibility index (Phi) is 8.21. The minimum atomic E-state index is 0.561. The Balaban J connectivity index is 2.38. The van der Waals surface area contributed by atoms with Crippen molar-refractivity contribution in [2.24, 2.45) is 0 Å². The molecule has 0 spiro atoms. The molecule has 4 nitrogen and oxygen atoms in total. The average molecular weight is 267 g/mol. The van der Waals surface area contributed by atoms with E-state index in [1.165, 1.54) is 11.1 Å². The van der Waals surface area contributed by atoms with Crippen molar-refractivity contribution in [3.05, 3.63) is 29.3 Å². The summed E-state index contributed by atoms with van der Waals surface area (Å²) in [7, 11) is 1.67. The molecule has 0 unspecified atom stereocenters. The van der Waals surface area contributed by atoms with Crippen LogP contribution in [0.1, 0.15) is 18.1 Å². The van der Waals surface area contributed by atoms with Crippen LogP contribution in [0.3, 0.4) is 0 Å². The predicted molar refractivity (Wildman–Crippen MR) is 76.7 cm³/mol. The van der Waals surface area contributed by atoms with Crippen LogP contribution >= 0.6 is 0 Å². The van der Waals surface area contributed by atoms with Crippen molar-refractivity contribution in [3.63, 3.8) is 0 Å². The summed E-state index contributed by atoms with van der Waals surface area (Å²) >= 11 is 0. The molecule has 0 saturated heterocycles. The highest BCUT2D eigenvalue weighted by molar-refractivity contribution is 5.36. The lowest BCUT2D eigenvalue weighted by atomic mass is 10.1. The molecule has 0 aromatic heterocycles.